The molecule has 0 aliphatic heterocycles. The van der Waals surface area contributed by atoms with Crippen molar-refractivity contribution in [3.63, 3.8) is 0 Å². The molecule has 0 amide bonds. The van der Waals surface area contributed by atoms with Gasteiger partial charge in [-0.25, -0.2) is 9.78 Å². The molecule has 8 heteroatoms. The molecule has 1 aromatic heterocycles. The van der Waals surface area contributed by atoms with Gasteiger partial charge in [0.25, 0.3) is 0 Å². The van der Waals surface area contributed by atoms with E-state index in [0.29, 0.717) is 17.2 Å². The van der Waals surface area contributed by atoms with E-state index in [9.17, 15) is 18.0 Å². The fourth-order valence-corrected chi connectivity index (χ4v) is 2.56. The van der Waals surface area contributed by atoms with E-state index in [-0.39, 0.29) is 5.69 Å². The molecule has 1 heterocycles. The Kier molecular flexibility index (Phi) is 5.21. The molecule has 0 aliphatic rings. The minimum atomic E-state index is -4.36. The maximum atomic E-state index is 12.7. The van der Waals surface area contributed by atoms with E-state index in [2.05, 4.69) is 10.3 Å². The minimum absolute atomic E-state index is 0.0661. The van der Waals surface area contributed by atoms with E-state index in [0.717, 1.165) is 17.8 Å². The lowest BCUT2D eigenvalue weighted by atomic mass is 10.1. The van der Waals surface area contributed by atoms with Gasteiger partial charge in [0, 0.05) is 24.1 Å². The van der Waals surface area contributed by atoms with Crippen LogP contribution in [-0.2, 0) is 6.18 Å². The standard InChI is InChI=1S/C20H16F3N3O2/c1-26(15-9-5-13(6-10-15)20(21,22)23)16-11-7-14(8-12-16)24-18-4-2-3-17(25-18)19(27)28/h2-12H,1H3,(H,24,25)(H,27,28). The number of rotatable bonds is 5. The molecule has 144 valence electrons. The molecular weight excluding hydrogens is 371 g/mol. The Morgan fingerprint density at radius 1 is 0.964 bits per heavy atom. The Morgan fingerprint density at radius 3 is 2.07 bits per heavy atom. The summed E-state index contributed by atoms with van der Waals surface area (Å²) in [5, 5.41) is 12.0. The lowest BCUT2D eigenvalue weighted by Gasteiger charge is -2.20. The number of hydrogen-bond acceptors (Lipinski definition) is 4. The number of aromatic carboxylic acids is 1. The lowest BCUT2D eigenvalue weighted by Crippen LogP contribution is -2.10. The van der Waals surface area contributed by atoms with Crippen molar-refractivity contribution in [3.8, 4) is 0 Å². The minimum Gasteiger partial charge on any atom is -0.477 e. The highest BCUT2D eigenvalue weighted by atomic mass is 19.4. The van der Waals surface area contributed by atoms with Crippen LogP contribution >= 0.6 is 0 Å². The molecule has 0 saturated heterocycles. The third-order valence-electron chi connectivity index (χ3n) is 4.08. The van der Waals surface area contributed by atoms with Crippen molar-refractivity contribution in [2.45, 2.75) is 6.18 Å². The van der Waals surface area contributed by atoms with Gasteiger partial charge in [0.05, 0.1) is 5.56 Å². The second kappa shape index (κ2) is 7.59. The van der Waals surface area contributed by atoms with Gasteiger partial charge in [0.1, 0.15) is 5.82 Å². The number of nitrogens with zero attached hydrogens (tertiary/aromatic N) is 2. The summed E-state index contributed by atoms with van der Waals surface area (Å²) in [6, 6.07) is 16.7. The van der Waals surface area contributed by atoms with Crippen molar-refractivity contribution in [2.24, 2.45) is 0 Å². The maximum absolute atomic E-state index is 12.7. The maximum Gasteiger partial charge on any atom is 0.416 e. The van der Waals surface area contributed by atoms with E-state index >= 15 is 0 Å². The van der Waals surface area contributed by atoms with Crippen molar-refractivity contribution in [2.75, 3.05) is 17.3 Å². The molecule has 0 aliphatic carbocycles. The zero-order chi connectivity index (χ0) is 20.3. The summed E-state index contributed by atoms with van der Waals surface area (Å²) in [4.78, 5) is 16.7. The summed E-state index contributed by atoms with van der Waals surface area (Å²) >= 11 is 0. The first-order chi connectivity index (χ1) is 13.2. The molecule has 0 fully saturated rings. The van der Waals surface area contributed by atoms with E-state index < -0.39 is 17.7 Å². The van der Waals surface area contributed by atoms with Crippen LogP contribution in [0.3, 0.4) is 0 Å². The second-order valence-corrected chi connectivity index (χ2v) is 5.99. The molecule has 5 nitrogen and oxygen atoms in total. The van der Waals surface area contributed by atoms with Gasteiger partial charge < -0.3 is 15.3 Å². The Labute approximate surface area is 159 Å². The van der Waals surface area contributed by atoms with Gasteiger partial charge >= 0.3 is 12.1 Å². The Morgan fingerprint density at radius 2 is 1.54 bits per heavy atom. The highest BCUT2D eigenvalue weighted by Crippen LogP contribution is 2.32. The van der Waals surface area contributed by atoms with Crippen molar-refractivity contribution in [1.82, 2.24) is 4.98 Å². The first-order valence-corrected chi connectivity index (χ1v) is 8.22. The number of carbonyl (C=O) groups is 1. The summed E-state index contributed by atoms with van der Waals surface area (Å²) in [6.45, 7) is 0. The van der Waals surface area contributed by atoms with Crippen molar-refractivity contribution in [3.05, 3.63) is 78.0 Å². The fourth-order valence-electron chi connectivity index (χ4n) is 2.56. The van der Waals surface area contributed by atoms with Gasteiger partial charge in [-0.15, -0.1) is 0 Å². The number of carboxylic acid groups (broad SMARTS) is 1. The van der Waals surface area contributed by atoms with Crippen LogP contribution in [0.25, 0.3) is 0 Å². The third kappa shape index (κ3) is 4.40. The second-order valence-electron chi connectivity index (χ2n) is 5.99. The third-order valence-corrected chi connectivity index (χ3v) is 4.08. The quantitative estimate of drug-likeness (QED) is 0.621. The van der Waals surface area contributed by atoms with Crippen LogP contribution in [-0.4, -0.2) is 23.1 Å². The summed E-state index contributed by atoms with van der Waals surface area (Å²) in [5.41, 5.74) is 1.32. The van der Waals surface area contributed by atoms with Crippen LogP contribution in [0.15, 0.2) is 66.7 Å². The van der Waals surface area contributed by atoms with E-state index in [1.54, 1.807) is 48.3 Å². The normalized spacial score (nSPS) is 11.1. The summed E-state index contributed by atoms with van der Waals surface area (Å²) in [7, 11) is 1.75. The zero-order valence-electron chi connectivity index (χ0n) is 14.7. The van der Waals surface area contributed by atoms with Crippen LogP contribution in [0.2, 0.25) is 0 Å². The Bertz CT molecular complexity index is 971. The molecule has 2 N–H and O–H groups in total. The van der Waals surface area contributed by atoms with E-state index in [4.69, 9.17) is 5.11 Å². The fraction of sp³-hybridized carbons (Fsp3) is 0.100. The van der Waals surface area contributed by atoms with Crippen molar-refractivity contribution in [1.29, 1.82) is 0 Å². The van der Waals surface area contributed by atoms with Crippen LogP contribution < -0.4 is 10.2 Å². The number of benzene rings is 2. The zero-order valence-corrected chi connectivity index (χ0v) is 14.7. The molecule has 0 spiro atoms. The van der Waals surface area contributed by atoms with Gasteiger partial charge in [-0.1, -0.05) is 6.07 Å². The molecule has 0 atom stereocenters. The van der Waals surface area contributed by atoms with Crippen LogP contribution in [0.1, 0.15) is 16.1 Å². The van der Waals surface area contributed by atoms with Gasteiger partial charge in [-0.05, 0) is 60.7 Å². The molecule has 3 rings (SSSR count). The molecule has 0 unspecified atom stereocenters. The number of hydrogen-bond donors (Lipinski definition) is 2. The summed E-state index contributed by atoms with van der Waals surface area (Å²) in [5.74, 6) is -0.721. The number of anilines is 4. The van der Waals surface area contributed by atoms with Crippen molar-refractivity contribution < 1.29 is 23.1 Å². The van der Waals surface area contributed by atoms with Crippen LogP contribution in [0, 0.1) is 0 Å². The number of pyridine rings is 1. The predicted octanol–water partition coefficient (Wildman–Crippen LogP) is 5.31. The molecular formula is C20H16F3N3O2. The van der Waals surface area contributed by atoms with Crippen LogP contribution in [0.4, 0.5) is 36.1 Å². The predicted molar refractivity (Wildman–Crippen MR) is 100 cm³/mol. The molecule has 2 aromatic carbocycles. The average Bonchev–Trinajstić information content (AvgIpc) is 2.68. The van der Waals surface area contributed by atoms with Gasteiger partial charge in [-0.3, -0.25) is 0 Å². The number of halogens is 3. The SMILES string of the molecule is CN(c1ccc(Nc2cccc(C(=O)O)n2)cc1)c1ccc(C(F)(F)F)cc1. The molecule has 0 saturated carbocycles. The topological polar surface area (TPSA) is 65.5 Å². The Balaban J connectivity index is 1.73. The van der Waals surface area contributed by atoms with Crippen LogP contribution in [0.5, 0.6) is 0 Å². The van der Waals surface area contributed by atoms with Crippen molar-refractivity contribution >= 4 is 28.8 Å². The van der Waals surface area contributed by atoms with E-state index in [1.165, 1.54) is 18.2 Å². The highest BCUT2D eigenvalue weighted by molar-refractivity contribution is 5.85. The smallest absolute Gasteiger partial charge is 0.416 e. The number of nitrogens with one attached hydrogen (secondary N) is 1. The first kappa shape index (κ1) is 19.2. The molecule has 0 radical (unpaired) electrons. The lowest BCUT2D eigenvalue weighted by molar-refractivity contribution is -0.137. The monoisotopic (exact) mass is 387 g/mol. The van der Waals surface area contributed by atoms with Gasteiger partial charge in [-0.2, -0.15) is 13.2 Å². The van der Waals surface area contributed by atoms with Gasteiger partial charge in [0.15, 0.2) is 5.69 Å². The van der Waals surface area contributed by atoms with E-state index in [1.807, 2.05) is 0 Å². The summed E-state index contributed by atoms with van der Waals surface area (Å²) in [6.07, 6.45) is -4.36. The number of carboxylic acids is 1. The average molecular weight is 387 g/mol. The Hall–Kier alpha value is -3.55. The summed E-state index contributed by atoms with van der Waals surface area (Å²) < 4.78 is 38.0. The number of alkyl halides is 3. The first-order valence-electron chi connectivity index (χ1n) is 8.22. The molecule has 0 bridgehead atoms. The molecule has 28 heavy (non-hydrogen) atoms. The largest absolute Gasteiger partial charge is 0.477 e. The van der Waals surface area contributed by atoms with Gasteiger partial charge in [0.2, 0.25) is 0 Å². The highest BCUT2D eigenvalue weighted by Gasteiger charge is 2.30. The molecule has 3 aromatic rings. The number of aromatic nitrogens is 1.